The predicted octanol–water partition coefficient (Wildman–Crippen LogP) is 2.88. The van der Waals surface area contributed by atoms with Crippen molar-refractivity contribution >= 4 is 22.8 Å². The van der Waals surface area contributed by atoms with Gasteiger partial charge in [0.05, 0.1) is 36.3 Å². The van der Waals surface area contributed by atoms with Crippen LogP contribution in [-0.4, -0.2) is 35.0 Å². The van der Waals surface area contributed by atoms with Crippen molar-refractivity contribution in [2.45, 2.75) is 33.1 Å². The van der Waals surface area contributed by atoms with Crippen molar-refractivity contribution in [2.24, 2.45) is 5.10 Å². The third-order valence-corrected chi connectivity index (χ3v) is 4.99. The van der Waals surface area contributed by atoms with Gasteiger partial charge in [-0.3, -0.25) is 14.9 Å². The van der Waals surface area contributed by atoms with E-state index in [9.17, 15) is 20.0 Å². The third kappa shape index (κ3) is 4.11. The van der Waals surface area contributed by atoms with Crippen molar-refractivity contribution in [3.63, 3.8) is 0 Å². The van der Waals surface area contributed by atoms with E-state index in [0.717, 1.165) is 10.9 Å². The molecule has 0 unspecified atom stereocenters. The molecule has 0 saturated heterocycles. The highest BCUT2D eigenvalue weighted by atomic mass is 16.6. The smallest absolute Gasteiger partial charge is 0.282 e. The SMILES string of the molecule is COc1cc2nc(C)n(N=Cc3cc(C(C)(C)C)cc([N+](=O)[O-])c3[O-])c(=O)c2cc1OC. The Morgan fingerprint density at radius 3 is 2.31 bits per heavy atom. The van der Waals surface area contributed by atoms with Crippen LogP contribution in [0.3, 0.4) is 0 Å². The molecule has 32 heavy (non-hydrogen) atoms. The molecule has 0 amide bonds. The molecule has 0 radical (unpaired) electrons. The van der Waals surface area contributed by atoms with Gasteiger partial charge in [0.25, 0.3) is 11.2 Å². The second-order valence-electron chi connectivity index (χ2n) is 8.17. The zero-order chi connectivity index (χ0) is 23.8. The molecule has 0 fully saturated rings. The Balaban J connectivity index is 2.19. The van der Waals surface area contributed by atoms with Crippen LogP contribution in [0.5, 0.6) is 17.2 Å². The lowest BCUT2D eigenvalue weighted by Gasteiger charge is -2.22. The second-order valence-corrected chi connectivity index (χ2v) is 8.17. The van der Waals surface area contributed by atoms with Gasteiger partial charge in [0.2, 0.25) is 0 Å². The first-order chi connectivity index (χ1) is 15.0. The lowest BCUT2D eigenvalue weighted by atomic mass is 9.85. The van der Waals surface area contributed by atoms with E-state index in [1.807, 2.05) is 20.8 Å². The fourth-order valence-electron chi connectivity index (χ4n) is 3.17. The highest BCUT2D eigenvalue weighted by Gasteiger charge is 2.20. The average molecular weight is 439 g/mol. The molecule has 0 saturated carbocycles. The van der Waals surface area contributed by atoms with Crippen LogP contribution in [0.2, 0.25) is 0 Å². The molecular formula is C22H23N4O6-. The molecule has 2 aromatic carbocycles. The fourth-order valence-corrected chi connectivity index (χ4v) is 3.17. The number of aryl methyl sites for hydroxylation is 1. The van der Waals surface area contributed by atoms with Gasteiger partial charge in [0, 0.05) is 12.1 Å². The van der Waals surface area contributed by atoms with Crippen molar-refractivity contribution in [1.82, 2.24) is 9.66 Å². The van der Waals surface area contributed by atoms with Gasteiger partial charge in [0.15, 0.2) is 11.5 Å². The minimum atomic E-state index is -0.780. The van der Waals surface area contributed by atoms with E-state index in [0.29, 0.717) is 22.6 Å². The number of benzene rings is 2. The summed E-state index contributed by atoms with van der Waals surface area (Å²) >= 11 is 0. The monoisotopic (exact) mass is 439 g/mol. The van der Waals surface area contributed by atoms with Crippen LogP contribution in [0.15, 0.2) is 34.2 Å². The predicted molar refractivity (Wildman–Crippen MR) is 118 cm³/mol. The zero-order valence-electron chi connectivity index (χ0n) is 18.6. The van der Waals surface area contributed by atoms with Crippen LogP contribution in [0.1, 0.15) is 37.7 Å². The molecule has 10 heteroatoms. The van der Waals surface area contributed by atoms with Crippen LogP contribution in [0.25, 0.3) is 10.9 Å². The molecule has 10 nitrogen and oxygen atoms in total. The van der Waals surface area contributed by atoms with Crippen LogP contribution in [0, 0.1) is 17.0 Å². The van der Waals surface area contributed by atoms with Crippen LogP contribution in [0.4, 0.5) is 5.69 Å². The topological polar surface area (TPSA) is 132 Å². The minimum absolute atomic E-state index is 0.00262. The summed E-state index contributed by atoms with van der Waals surface area (Å²) in [7, 11) is 2.93. The maximum Gasteiger partial charge on any atom is 0.282 e. The molecular weight excluding hydrogens is 416 g/mol. The molecule has 0 atom stereocenters. The first-order valence-corrected chi connectivity index (χ1v) is 9.67. The maximum atomic E-state index is 13.1. The van der Waals surface area contributed by atoms with Crippen molar-refractivity contribution in [1.29, 1.82) is 0 Å². The Hall–Kier alpha value is -3.95. The molecule has 0 aliphatic rings. The molecule has 0 N–H and O–H groups in total. The second kappa shape index (κ2) is 8.29. The summed E-state index contributed by atoms with van der Waals surface area (Å²) in [4.78, 5) is 28.1. The Kier molecular flexibility index (Phi) is 5.89. The van der Waals surface area contributed by atoms with Crippen molar-refractivity contribution in [2.75, 3.05) is 14.2 Å². The number of aromatic nitrogens is 2. The van der Waals surface area contributed by atoms with Gasteiger partial charge in [-0.25, -0.2) is 4.98 Å². The van der Waals surface area contributed by atoms with Gasteiger partial charge in [-0.2, -0.15) is 9.78 Å². The Morgan fingerprint density at radius 2 is 1.75 bits per heavy atom. The quantitative estimate of drug-likeness (QED) is 0.339. The van der Waals surface area contributed by atoms with Crippen molar-refractivity contribution in [3.8, 4) is 17.2 Å². The molecule has 168 valence electrons. The lowest BCUT2D eigenvalue weighted by Crippen LogP contribution is -2.21. The Bertz CT molecular complexity index is 1300. The minimum Gasteiger partial charge on any atom is -0.867 e. The molecule has 3 rings (SSSR count). The molecule has 0 spiro atoms. The Morgan fingerprint density at radius 1 is 1.12 bits per heavy atom. The maximum absolute atomic E-state index is 13.1. The molecule has 3 aromatic rings. The van der Waals surface area contributed by atoms with Crippen molar-refractivity contribution < 1.29 is 19.5 Å². The lowest BCUT2D eigenvalue weighted by molar-refractivity contribution is -0.398. The fraction of sp³-hybridized carbons (Fsp3) is 0.318. The summed E-state index contributed by atoms with van der Waals surface area (Å²) in [5.74, 6) is 0.265. The van der Waals surface area contributed by atoms with Crippen LogP contribution < -0.4 is 20.1 Å². The van der Waals surface area contributed by atoms with Crippen molar-refractivity contribution in [3.05, 3.63) is 61.7 Å². The summed E-state index contributed by atoms with van der Waals surface area (Å²) in [5.41, 5.74) is -0.472. The van der Waals surface area contributed by atoms with Crippen LogP contribution >= 0.6 is 0 Å². The summed E-state index contributed by atoms with van der Waals surface area (Å²) in [6.07, 6.45) is 1.15. The van der Waals surface area contributed by atoms with Crippen LogP contribution in [-0.2, 0) is 5.41 Å². The van der Waals surface area contributed by atoms with Gasteiger partial charge in [-0.1, -0.05) is 20.8 Å². The summed E-state index contributed by atoms with van der Waals surface area (Å²) in [6, 6.07) is 5.90. The number of ether oxygens (including phenoxy) is 2. The number of hydrogen-bond donors (Lipinski definition) is 0. The van der Waals surface area contributed by atoms with Gasteiger partial charge in [-0.15, -0.1) is 0 Å². The van der Waals surface area contributed by atoms with E-state index >= 15 is 0 Å². The standard InChI is InChI=1S/C22H24N4O6/c1-12-24-16-10-19(32-6)18(31-5)9-15(16)21(28)25(12)23-11-13-7-14(22(2,3)4)8-17(20(13)27)26(29)30/h7-11,27H,1-6H3/p-1. The third-order valence-electron chi connectivity index (χ3n) is 4.99. The summed E-state index contributed by atoms with van der Waals surface area (Å²) in [5, 5.41) is 28.3. The number of nitrogens with zero attached hydrogens (tertiary/aromatic N) is 4. The van der Waals surface area contributed by atoms with E-state index in [1.54, 1.807) is 19.1 Å². The number of hydrogen-bond acceptors (Lipinski definition) is 8. The molecule has 1 aromatic heterocycles. The van der Waals surface area contributed by atoms with Gasteiger partial charge in [-0.05, 0) is 41.3 Å². The highest BCUT2D eigenvalue weighted by molar-refractivity contribution is 5.86. The number of fused-ring (bicyclic) bond motifs is 1. The number of nitro groups is 1. The normalized spacial score (nSPS) is 11.8. The zero-order valence-corrected chi connectivity index (χ0v) is 18.6. The Labute approximate surface area is 183 Å². The molecule has 0 bridgehead atoms. The summed E-state index contributed by atoms with van der Waals surface area (Å²) < 4.78 is 11.5. The first kappa shape index (κ1) is 22.7. The van der Waals surface area contributed by atoms with E-state index in [1.165, 1.54) is 26.4 Å². The van der Waals surface area contributed by atoms with E-state index < -0.39 is 27.3 Å². The number of methoxy groups -OCH3 is 2. The molecule has 0 aliphatic heterocycles. The van der Waals surface area contributed by atoms with E-state index in [4.69, 9.17) is 9.47 Å². The van der Waals surface area contributed by atoms with E-state index in [2.05, 4.69) is 10.1 Å². The highest BCUT2D eigenvalue weighted by Crippen LogP contribution is 2.33. The molecule has 0 aliphatic carbocycles. The largest absolute Gasteiger partial charge is 0.867 e. The first-order valence-electron chi connectivity index (χ1n) is 9.67. The van der Waals surface area contributed by atoms with Gasteiger partial charge < -0.3 is 14.6 Å². The van der Waals surface area contributed by atoms with E-state index in [-0.39, 0.29) is 16.8 Å². The molecule has 1 heterocycles. The van der Waals surface area contributed by atoms with Gasteiger partial charge >= 0.3 is 0 Å². The number of nitro benzene ring substituents is 1. The number of rotatable bonds is 5. The van der Waals surface area contributed by atoms with Gasteiger partial charge in [0.1, 0.15) is 5.82 Å². The average Bonchev–Trinajstić information content (AvgIpc) is 2.72. The summed E-state index contributed by atoms with van der Waals surface area (Å²) in [6.45, 7) is 7.21.